The quantitative estimate of drug-likeness (QED) is 0.158. The Morgan fingerprint density at radius 1 is 1.05 bits per heavy atom. The number of anilines is 1. The molecule has 2 atom stereocenters. The number of carbonyl (C=O) groups is 4. The first-order valence-electron chi connectivity index (χ1n) is 16.1. The minimum absolute atomic E-state index is 0.0866. The Kier molecular flexibility index (Phi) is 13.0. The fourth-order valence-electron chi connectivity index (χ4n) is 6.23. The van der Waals surface area contributed by atoms with E-state index in [9.17, 15) is 19.2 Å². The molecule has 1 aliphatic carbocycles. The zero-order valence-electron chi connectivity index (χ0n) is 26.9. The van der Waals surface area contributed by atoms with Gasteiger partial charge in [-0.3, -0.25) is 19.2 Å². The first kappa shape index (κ1) is 33.7. The van der Waals surface area contributed by atoms with Crippen LogP contribution in [0.25, 0.3) is 0 Å². The number of nitrogens with zero attached hydrogens (tertiary/aromatic N) is 3. The van der Waals surface area contributed by atoms with Gasteiger partial charge in [0.25, 0.3) is 5.91 Å². The van der Waals surface area contributed by atoms with Gasteiger partial charge in [0.1, 0.15) is 11.6 Å². The molecule has 1 amide bonds. The molecular formula is C35H53N3O4. The van der Waals surface area contributed by atoms with Crippen molar-refractivity contribution in [2.75, 3.05) is 45.2 Å². The van der Waals surface area contributed by atoms with Crippen LogP contribution in [-0.2, 0) is 9.59 Å². The van der Waals surface area contributed by atoms with E-state index in [1.807, 2.05) is 19.1 Å². The summed E-state index contributed by atoms with van der Waals surface area (Å²) in [6.07, 6.45) is 8.82. The molecule has 0 spiro atoms. The van der Waals surface area contributed by atoms with Gasteiger partial charge >= 0.3 is 0 Å². The Hall–Kier alpha value is -2.80. The second kappa shape index (κ2) is 16.2. The number of ketones is 2. The zero-order valence-corrected chi connectivity index (χ0v) is 26.9. The lowest BCUT2D eigenvalue weighted by Crippen LogP contribution is -2.39. The molecule has 0 radical (unpaired) electrons. The summed E-state index contributed by atoms with van der Waals surface area (Å²) in [6.45, 7) is 11.9. The van der Waals surface area contributed by atoms with Gasteiger partial charge in [-0.05, 0) is 96.1 Å². The van der Waals surface area contributed by atoms with Crippen molar-refractivity contribution >= 4 is 29.4 Å². The fourth-order valence-corrected chi connectivity index (χ4v) is 6.23. The highest BCUT2D eigenvalue weighted by molar-refractivity contribution is 6.02. The summed E-state index contributed by atoms with van der Waals surface area (Å²) in [5, 5.41) is 0. The second-order valence-corrected chi connectivity index (χ2v) is 12.7. The minimum Gasteiger partial charge on any atom is -0.371 e. The van der Waals surface area contributed by atoms with Crippen LogP contribution in [0.2, 0.25) is 0 Å². The lowest BCUT2D eigenvalue weighted by Gasteiger charge is -2.34. The molecule has 2 fully saturated rings. The largest absolute Gasteiger partial charge is 0.371 e. The highest BCUT2D eigenvalue weighted by atomic mass is 16.2. The van der Waals surface area contributed by atoms with Crippen LogP contribution in [0, 0.1) is 11.8 Å². The number of hydrogen-bond acceptors (Lipinski definition) is 6. The topological polar surface area (TPSA) is 78.0 Å². The lowest BCUT2D eigenvalue weighted by molar-refractivity contribution is -0.124. The van der Waals surface area contributed by atoms with Crippen LogP contribution < -0.4 is 4.90 Å². The summed E-state index contributed by atoms with van der Waals surface area (Å²) >= 11 is 0. The number of piperidine rings is 1. The van der Waals surface area contributed by atoms with Crippen molar-refractivity contribution in [2.45, 2.75) is 97.9 Å². The number of benzene rings is 1. The van der Waals surface area contributed by atoms with Gasteiger partial charge in [0, 0.05) is 56.6 Å². The van der Waals surface area contributed by atoms with E-state index in [1.54, 1.807) is 18.0 Å². The van der Waals surface area contributed by atoms with Crippen LogP contribution in [0.15, 0.2) is 29.3 Å². The molecular weight excluding hydrogens is 526 g/mol. The number of Topliss-reactive ketones (excluding diaryl/α,β-unsaturated/α-hetero) is 2. The average Bonchev–Trinajstić information content (AvgIpc) is 3.85. The van der Waals surface area contributed by atoms with Crippen LogP contribution in [0.1, 0.15) is 113 Å². The molecule has 0 N–H and O–H groups in total. The molecule has 1 saturated heterocycles. The Morgan fingerprint density at radius 3 is 2.33 bits per heavy atom. The summed E-state index contributed by atoms with van der Waals surface area (Å²) < 4.78 is 0. The number of rotatable bonds is 17. The lowest BCUT2D eigenvalue weighted by atomic mass is 9.87. The van der Waals surface area contributed by atoms with E-state index >= 15 is 0 Å². The van der Waals surface area contributed by atoms with Gasteiger partial charge in [-0.1, -0.05) is 31.9 Å². The smallest absolute Gasteiger partial charge is 0.254 e. The van der Waals surface area contributed by atoms with Gasteiger partial charge in [0.05, 0.1) is 11.6 Å². The average molecular weight is 580 g/mol. The number of carbonyl (C=O) groups excluding carboxylic acids is 4. The first-order valence-corrected chi connectivity index (χ1v) is 16.1. The first-order chi connectivity index (χ1) is 20.1. The van der Waals surface area contributed by atoms with E-state index in [4.69, 9.17) is 0 Å². The summed E-state index contributed by atoms with van der Waals surface area (Å²) in [6, 6.07) is 5.32. The van der Waals surface area contributed by atoms with E-state index < -0.39 is 0 Å². The summed E-state index contributed by atoms with van der Waals surface area (Å²) in [4.78, 5) is 57.3. The Balaban J connectivity index is 1.65. The third-order valence-corrected chi connectivity index (χ3v) is 9.30. The molecule has 2 unspecified atom stereocenters. The molecule has 232 valence electrons. The summed E-state index contributed by atoms with van der Waals surface area (Å²) in [5.74, 6) is 0.850. The predicted molar refractivity (Wildman–Crippen MR) is 170 cm³/mol. The Bertz CT molecular complexity index is 1130. The Morgan fingerprint density at radius 2 is 1.74 bits per heavy atom. The normalized spacial score (nSPS) is 16.7. The molecule has 1 aliphatic heterocycles. The van der Waals surface area contributed by atoms with Crippen molar-refractivity contribution in [3.8, 4) is 0 Å². The highest BCUT2D eigenvalue weighted by Gasteiger charge is 2.30. The maximum atomic E-state index is 13.8. The number of likely N-dealkylation sites (N-methyl/N-ethyl adjacent to an activating group) is 1. The summed E-state index contributed by atoms with van der Waals surface area (Å²) in [7, 11) is 3.93. The van der Waals surface area contributed by atoms with Crippen molar-refractivity contribution < 1.29 is 19.2 Å². The van der Waals surface area contributed by atoms with Gasteiger partial charge in [-0.2, -0.15) is 0 Å². The third kappa shape index (κ3) is 9.35. The maximum absolute atomic E-state index is 13.8. The highest BCUT2D eigenvalue weighted by Crippen LogP contribution is 2.35. The van der Waals surface area contributed by atoms with Crippen LogP contribution >= 0.6 is 0 Å². The van der Waals surface area contributed by atoms with Gasteiger partial charge in [-0.25, -0.2) is 0 Å². The van der Waals surface area contributed by atoms with Crippen LogP contribution in [0.3, 0.4) is 0 Å². The van der Waals surface area contributed by atoms with Crippen molar-refractivity contribution in [1.82, 2.24) is 9.80 Å². The van der Waals surface area contributed by atoms with Gasteiger partial charge < -0.3 is 14.7 Å². The van der Waals surface area contributed by atoms with E-state index in [0.717, 1.165) is 76.7 Å². The molecule has 7 heteroatoms. The summed E-state index contributed by atoms with van der Waals surface area (Å²) in [5.41, 5.74) is 4.21. The van der Waals surface area contributed by atoms with Gasteiger partial charge in [0.15, 0.2) is 6.29 Å². The van der Waals surface area contributed by atoms with E-state index in [-0.39, 0.29) is 23.7 Å². The van der Waals surface area contributed by atoms with Crippen molar-refractivity contribution in [2.24, 2.45) is 11.8 Å². The third-order valence-electron chi connectivity index (χ3n) is 9.30. The molecule has 1 aromatic carbocycles. The van der Waals surface area contributed by atoms with Crippen molar-refractivity contribution in [1.29, 1.82) is 0 Å². The number of hydrogen-bond donors (Lipinski definition) is 0. The molecule has 2 aliphatic rings. The molecule has 1 aromatic rings. The molecule has 7 nitrogen and oxygen atoms in total. The fraction of sp³-hybridized carbons (Fsp3) is 0.657. The van der Waals surface area contributed by atoms with Crippen molar-refractivity contribution in [3.63, 3.8) is 0 Å². The Labute approximate surface area is 253 Å². The van der Waals surface area contributed by atoms with Gasteiger partial charge in [-0.15, -0.1) is 0 Å². The van der Waals surface area contributed by atoms with E-state index in [1.165, 1.54) is 11.1 Å². The molecule has 0 bridgehead atoms. The van der Waals surface area contributed by atoms with Crippen LogP contribution in [0.4, 0.5) is 5.69 Å². The molecule has 3 rings (SSSR count). The maximum Gasteiger partial charge on any atom is 0.254 e. The van der Waals surface area contributed by atoms with Crippen LogP contribution in [0.5, 0.6) is 0 Å². The number of amides is 1. The van der Waals surface area contributed by atoms with Crippen molar-refractivity contribution in [3.05, 3.63) is 40.5 Å². The van der Waals surface area contributed by atoms with Gasteiger partial charge in [0.2, 0.25) is 0 Å². The minimum atomic E-state index is -0.197. The second-order valence-electron chi connectivity index (χ2n) is 12.7. The predicted octanol–water partition coefficient (Wildman–Crippen LogP) is 6.35. The molecule has 42 heavy (non-hydrogen) atoms. The van der Waals surface area contributed by atoms with E-state index in [2.05, 4.69) is 37.6 Å². The van der Waals surface area contributed by atoms with Crippen LogP contribution in [-0.4, -0.2) is 79.9 Å². The van der Waals surface area contributed by atoms with E-state index in [0.29, 0.717) is 48.5 Å². The standard InChI is InChI=1S/C35H53N3O4/c1-7-18-36(5)19-15-25(3)22-34(41)28-16-20-38(21-17-28)30-12-11-29(24-39)32(23-30)35(42)37(6)33(14-13-31(40)8-2)26(4)27-9-10-27/h11-12,23-25,28,33H,7-10,13-22H2,1-6H3. The monoisotopic (exact) mass is 579 g/mol. The number of aldehydes is 1. The SMILES string of the molecule is CCCN(C)CCC(C)CC(=O)C1CCN(c2ccc(C=O)c(C(=O)N(C)C(CCC(=O)CC)C(C)=C3CC3)c2)CC1. The molecule has 1 heterocycles. The number of allylic oxidation sites excluding steroid dienone is 1. The molecule has 1 saturated carbocycles. The zero-order chi connectivity index (χ0) is 30.8. The molecule has 0 aromatic heterocycles.